The predicted octanol–water partition coefficient (Wildman–Crippen LogP) is 4.75. The van der Waals surface area contributed by atoms with Gasteiger partial charge < -0.3 is 10.1 Å². The number of nitrogens with one attached hydrogen (secondary N) is 1. The van der Waals surface area contributed by atoms with E-state index < -0.39 is 5.54 Å². The third-order valence-electron chi connectivity index (χ3n) is 7.94. The minimum Gasteiger partial charge on any atom is -0.492 e. The largest absolute Gasteiger partial charge is 0.492 e. The Hall–Kier alpha value is -3.71. The zero-order valence-electron chi connectivity index (χ0n) is 21.9. The summed E-state index contributed by atoms with van der Waals surface area (Å²) in [5.74, 6) is 0.672. The summed E-state index contributed by atoms with van der Waals surface area (Å²) < 4.78 is 7.86. The van der Waals surface area contributed by atoms with Gasteiger partial charge in [-0.05, 0) is 93.7 Å². The monoisotopic (exact) mass is 495 g/mol. The fraction of sp³-hybridized carbons (Fsp3) is 0.367. The van der Waals surface area contributed by atoms with E-state index in [1.165, 1.54) is 0 Å². The van der Waals surface area contributed by atoms with Gasteiger partial charge in [-0.1, -0.05) is 12.1 Å². The molecule has 2 aliphatic rings. The first-order chi connectivity index (χ1) is 17.8. The lowest BCUT2D eigenvalue weighted by Gasteiger charge is -2.37. The van der Waals surface area contributed by atoms with E-state index in [1.54, 1.807) is 4.68 Å². The summed E-state index contributed by atoms with van der Waals surface area (Å²) in [4.78, 5) is 20.8. The van der Waals surface area contributed by atoms with Crippen molar-refractivity contribution >= 4 is 16.8 Å². The minimum atomic E-state index is -0.414. The second-order valence-corrected chi connectivity index (χ2v) is 10.7. The van der Waals surface area contributed by atoms with Gasteiger partial charge in [0.2, 0.25) is 0 Å². The zero-order chi connectivity index (χ0) is 25.7. The molecule has 2 fully saturated rings. The maximum absolute atomic E-state index is 13.6. The highest BCUT2D eigenvalue weighted by molar-refractivity contribution is 5.98. The summed E-state index contributed by atoms with van der Waals surface area (Å²) in [6, 6.07) is 14.7. The summed E-state index contributed by atoms with van der Waals surface area (Å²) in [7, 11) is 4.03. The fourth-order valence-corrected chi connectivity index (χ4v) is 5.25. The van der Waals surface area contributed by atoms with Crippen LogP contribution in [0.1, 0.15) is 46.4 Å². The van der Waals surface area contributed by atoms with Gasteiger partial charge in [0.15, 0.2) is 0 Å². The molecular weight excluding hydrogens is 462 g/mol. The van der Waals surface area contributed by atoms with Crippen LogP contribution in [0.3, 0.4) is 0 Å². The number of carbonyl (C=O) groups is 1. The van der Waals surface area contributed by atoms with Crippen LogP contribution in [0.5, 0.6) is 5.75 Å². The molecule has 0 spiro atoms. The van der Waals surface area contributed by atoms with Gasteiger partial charge in [0.05, 0.1) is 17.3 Å². The molecule has 6 rings (SSSR count). The van der Waals surface area contributed by atoms with E-state index in [4.69, 9.17) is 9.72 Å². The second-order valence-electron chi connectivity index (χ2n) is 10.7. The summed E-state index contributed by atoms with van der Waals surface area (Å²) in [6.45, 7) is 5.74. The van der Waals surface area contributed by atoms with Gasteiger partial charge in [0, 0.05) is 41.5 Å². The molecule has 1 aliphatic carbocycles. The van der Waals surface area contributed by atoms with E-state index in [2.05, 4.69) is 40.6 Å². The first kappa shape index (κ1) is 23.7. The number of carbonyl (C=O) groups excluding carboxylic acids is 1. The second kappa shape index (κ2) is 8.99. The molecule has 1 saturated heterocycles. The summed E-state index contributed by atoms with van der Waals surface area (Å²) >= 11 is 0. The Morgan fingerprint density at radius 3 is 2.62 bits per heavy atom. The van der Waals surface area contributed by atoms with E-state index >= 15 is 0 Å². The normalized spacial score (nSPS) is 18.4. The van der Waals surface area contributed by atoms with E-state index in [0.29, 0.717) is 18.2 Å². The highest BCUT2D eigenvalue weighted by atomic mass is 16.5. The van der Waals surface area contributed by atoms with Crippen molar-refractivity contribution in [3.05, 3.63) is 77.2 Å². The van der Waals surface area contributed by atoms with Crippen LogP contribution in [0.4, 0.5) is 0 Å². The lowest BCUT2D eigenvalue weighted by molar-refractivity contribution is 0.0767. The van der Waals surface area contributed by atoms with Crippen molar-refractivity contribution in [3.8, 4) is 16.9 Å². The number of benzene rings is 2. The smallest absolute Gasteiger partial charge is 0.252 e. The van der Waals surface area contributed by atoms with Crippen molar-refractivity contribution in [1.82, 2.24) is 25.0 Å². The third kappa shape index (κ3) is 4.48. The van der Waals surface area contributed by atoms with Crippen molar-refractivity contribution in [2.45, 2.75) is 44.7 Å². The van der Waals surface area contributed by atoms with Gasteiger partial charge in [-0.2, -0.15) is 5.10 Å². The Morgan fingerprint density at radius 2 is 1.95 bits per heavy atom. The molecule has 2 aromatic heterocycles. The molecule has 0 unspecified atom stereocenters. The van der Waals surface area contributed by atoms with E-state index in [0.717, 1.165) is 70.4 Å². The predicted molar refractivity (Wildman–Crippen MR) is 145 cm³/mol. The summed E-state index contributed by atoms with van der Waals surface area (Å²) in [5.41, 5.74) is 6.29. The highest BCUT2D eigenvalue weighted by Crippen LogP contribution is 2.49. The SMILES string of the molecule is Cc1ccc2c(C3(NC(=O)c4cc(OC[C@@H]5CCN5C)ccc4C)CC3)cc(-c3cnn(C)c3)cc2n1. The third-order valence-corrected chi connectivity index (χ3v) is 7.94. The Bertz CT molecular complexity index is 1500. The molecule has 37 heavy (non-hydrogen) atoms. The quantitative estimate of drug-likeness (QED) is 0.401. The van der Waals surface area contributed by atoms with Crippen molar-refractivity contribution in [2.24, 2.45) is 7.05 Å². The molecule has 2 aromatic carbocycles. The Balaban J connectivity index is 1.31. The molecule has 7 nitrogen and oxygen atoms in total. The van der Waals surface area contributed by atoms with Gasteiger partial charge in [0.25, 0.3) is 5.91 Å². The molecule has 1 N–H and O–H groups in total. The number of ether oxygens (including phenoxy) is 1. The number of nitrogens with zero attached hydrogens (tertiary/aromatic N) is 4. The first-order valence-electron chi connectivity index (χ1n) is 13.0. The van der Waals surface area contributed by atoms with Crippen molar-refractivity contribution in [1.29, 1.82) is 0 Å². The maximum Gasteiger partial charge on any atom is 0.252 e. The van der Waals surface area contributed by atoms with Crippen LogP contribution in [-0.4, -0.2) is 51.8 Å². The van der Waals surface area contributed by atoms with Crippen molar-refractivity contribution in [2.75, 3.05) is 20.2 Å². The van der Waals surface area contributed by atoms with Gasteiger partial charge in [-0.15, -0.1) is 0 Å². The van der Waals surface area contributed by atoms with Gasteiger partial charge in [-0.25, -0.2) is 0 Å². The number of likely N-dealkylation sites (N-methyl/N-ethyl adjacent to an activating group) is 1. The molecule has 1 amide bonds. The average molecular weight is 496 g/mol. The fourth-order valence-electron chi connectivity index (χ4n) is 5.25. The van der Waals surface area contributed by atoms with E-state index in [9.17, 15) is 4.79 Å². The van der Waals surface area contributed by atoms with Crippen molar-refractivity contribution < 1.29 is 9.53 Å². The Morgan fingerprint density at radius 1 is 1.11 bits per heavy atom. The maximum atomic E-state index is 13.6. The van der Waals surface area contributed by atoms with Crippen LogP contribution in [0, 0.1) is 13.8 Å². The minimum absolute atomic E-state index is 0.0683. The topological polar surface area (TPSA) is 72.3 Å². The van der Waals surface area contributed by atoms with Crippen molar-refractivity contribution in [3.63, 3.8) is 0 Å². The number of amides is 1. The standard InChI is InChI=1S/C30H33N5O2/c1-19-5-7-24(37-18-23-9-12-34(23)3)15-26(19)29(36)33-30(10-11-30)27-13-21(22-16-31-35(4)17-22)14-28-25(27)8-6-20(2)32-28/h5-8,13-17,23H,9-12,18H2,1-4H3,(H,33,36)/t23-/m0/s1. The zero-order valence-corrected chi connectivity index (χ0v) is 21.9. The number of hydrogen-bond donors (Lipinski definition) is 1. The lowest BCUT2D eigenvalue weighted by atomic mass is 9.94. The first-order valence-corrected chi connectivity index (χ1v) is 13.0. The molecule has 7 heteroatoms. The molecule has 3 heterocycles. The van der Waals surface area contributed by atoms with Crippen LogP contribution < -0.4 is 10.1 Å². The molecule has 4 aromatic rings. The van der Waals surface area contributed by atoms with Crippen LogP contribution in [0.25, 0.3) is 22.0 Å². The van der Waals surface area contributed by atoms with Gasteiger partial charge in [0.1, 0.15) is 12.4 Å². The van der Waals surface area contributed by atoms with E-state index in [1.807, 2.05) is 57.6 Å². The number of pyridine rings is 1. The molecule has 1 saturated carbocycles. The molecular formula is C30H33N5O2. The number of fused-ring (bicyclic) bond motifs is 1. The molecule has 0 bridgehead atoms. The Kier molecular flexibility index (Phi) is 5.75. The number of aromatic nitrogens is 3. The number of hydrogen-bond acceptors (Lipinski definition) is 5. The molecule has 0 radical (unpaired) electrons. The molecule has 1 aliphatic heterocycles. The van der Waals surface area contributed by atoms with E-state index in [-0.39, 0.29) is 5.91 Å². The van der Waals surface area contributed by atoms with Crippen LogP contribution in [0.15, 0.2) is 54.9 Å². The molecule has 1 atom stereocenters. The lowest BCUT2D eigenvalue weighted by Crippen LogP contribution is -2.48. The highest BCUT2D eigenvalue weighted by Gasteiger charge is 2.47. The number of aryl methyl sites for hydroxylation is 3. The Labute approximate surface area is 217 Å². The average Bonchev–Trinajstić information content (AvgIpc) is 3.52. The van der Waals surface area contributed by atoms with Gasteiger partial charge in [-0.3, -0.25) is 19.4 Å². The number of likely N-dealkylation sites (tertiary alicyclic amines) is 1. The summed E-state index contributed by atoms with van der Waals surface area (Å²) in [5, 5.41) is 8.84. The van der Waals surface area contributed by atoms with Crippen LogP contribution in [0.2, 0.25) is 0 Å². The van der Waals surface area contributed by atoms with Crippen LogP contribution >= 0.6 is 0 Å². The molecule has 190 valence electrons. The summed E-state index contributed by atoms with van der Waals surface area (Å²) in [6.07, 6.45) is 6.81. The van der Waals surface area contributed by atoms with Crippen LogP contribution in [-0.2, 0) is 12.6 Å². The number of rotatable bonds is 7. The van der Waals surface area contributed by atoms with Gasteiger partial charge >= 0.3 is 0 Å².